The van der Waals surface area contributed by atoms with Crippen LogP contribution in [0.3, 0.4) is 0 Å². The summed E-state index contributed by atoms with van der Waals surface area (Å²) in [5.74, 6) is 0.931. The Balaban J connectivity index is 0.00000210. The first-order valence-corrected chi connectivity index (χ1v) is 9.20. The summed E-state index contributed by atoms with van der Waals surface area (Å²) in [6.07, 6.45) is 6.65. The molecular formula is C23H24BrNO2. The highest BCUT2D eigenvalue weighted by Gasteiger charge is 2.31. The molecule has 4 heteroatoms. The summed E-state index contributed by atoms with van der Waals surface area (Å²) in [6.45, 7) is 1.56. The monoisotopic (exact) mass is 425 g/mol. The first-order chi connectivity index (χ1) is 12.8. The predicted molar refractivity (Wildman–Crippen MR) is 101 cm³/mol. The highest BCUT2D eigenvalue weighted by molar-refractivity contribution is 5.17. The van der Waals surface area contributed by atoms with E-state index in [2.05, 4.69) is 53.4 Å². The van der Waals surface area contributed by atoms with Crippen molar-refractivity contribution in [1.82, 2.24) is 0 Å². The lowest BCUT2D eigenvalue weighted by atomic mass is 9.92. The van der Waals surface area contributed by atoms with Gasteiger partial charge in [-0.3, -0.25) is 0 Å². The van der Waals surface area contributed by atoms with E-state index < -0.39 is 0 Å². The molecule has 0 bridgehead atoms. The van der Waals surface area contributed by atoms with E-state index in [1.165, 1.54) is 11.1 Å². The van der Waals surface area contributed by atoms with Gasteiger partial charge in [0.15, 0.2) is 18.9 Å². The molecule has 3 aromatic rings. The second-order valence-corrected chi connectivity index (χ2v) is 6.82. The Labute approximate surface area is 171 Å². The van der Waals surface area contributed by atoms with Crippen molar-refractivity contribution in [3.05, 3.63) is 96.3 Å². The summed E-state index contributed by atoms with van der Waals surface area (Å²) in [6, 6.07) is 24.9. The standard InChI is InChI=1S/C23H24NO2.BrH/c1-3-7-19(8-4-1)17-24-13-11-21(12-14-24)26-23-15-22(16-23)25-18-20-9-5-2-6-10-20;/h1-14,22-23H,15-18H2;1H/q+1;/p-1. The van der Waals surface area contributed by atoms with E-state index in [-0.39, 0.29) is 23.1 Å². The molecule has 0 aliphatic heterocycles. The minimum Gasteiger partial charge on any atom is -1.00 e. The van der Waals surface area contributed by atoms with E-state index in [0.717, 1.165) is 25.1 Å². The van der Waals surface area contributed by atoms with Crippen LogP contribution in [0.15, 0.2) is 85.2 Å². The third kappa shape index (κ3) is 5.65. The Kier molecular flexibility index (Phi) is 7.02. The number of halogens is 1. The van der Waals surface area contributed by atoms with Crippen LogP contribution >= 0.6 is 0 Å². The van der Waals surface area contributed by atoms with Crippen LogP contribution < -0.4 is 26.3 Å². The first-order valence-electron chi connectivity index (χ1n) is 9.20. The minimum atomic E-state index is 0. The molecule has 140 valence electrons. The molecular weight excluding hydrogens is 402 g/mol. The van der Waals surface area contributed by atoms with Crippen LogP contribution in [0.1, 0.15) is 24.0 Å². The van der Waals surface area contributed by atoms with Crippen LogP contribution in [0.4, 0.5) is 0 Å². The normalized spacial score (nSPS) is 18.2. The largest absolute Gasteiger partial charge is 1.00 e. The maximum absolute atomic E-state index is 6.04. The van der Waals surface area contributed by atoms with Gasteiger partial charge in [-0.15, -0.1) is 0 Å². The van der Waals surface area contributed by atoms with Crippen LogP contribution in [-0.4, -0.2) is 12.2 Å². The van der Waals surface area contributed by atoms with Crippen LogP contribution in [0.25, 0.3) is 0 Å². The van der Waals surface area contributed by atoms with E-state index in [1.807, 2.05) is 36.4 Å². The Bertz CT molecular complexity index is 803. The lowest BCUT2D eigenvalue weighted by Crippen LogP contribution is -3.00. The molecule has 0 unspecified atom stereocenters. The van der Waals surface area contributed by atoms with Crippen LogP contribution in [0.5, 0.6) is 5.75 Å². The molecule has 1 aliphatic rings. The number of hydrogen-bond acceptors (Lipinski definition) is 2. The fourth-order valence-corrected chi connectivity index (χ4v) is 3.15. The lowest BCUT2D eigenvalue weighted by molar-refractivity contribution is -0.688. The van der Waals surface area contributed by atoms with Crippen molar-refractivity contribution in [1.29, 1.82) is 0 Å². The molecule has 1 aromatic heterocycles. The molecule has 1 aliphatic carbocycles. The molecule has 1 fully saturated rings. The number of aromatic nitrogens is 1. The van der Waals surface area contributed by atoms with E-state index in [0.29, 0.717) is 12.7 Å². The molecule has 0 N–H and O–H groups in total. The van der Waals surface area contributed by atoms with E-state index in [1.54, 1.807) is 0 Å². The van der Waals surface area contributed by atoms with Crippen molar-refractivity contribution in [3.63, 3.8) is 0 Å². The molecule has 0 radical (unpaired) electrons. The molecule has 0 spiro atoms. The van der Waals surface area contributed by atoms with Crippen LogP contribution in [0, 0.1) is 0 Å². The quantitative estimate of drug-likeness (QED) is 0.529. The molecule has 1 saturated carbocycles. The Hall–Kier alpha value is -2.17. The molecule has 2 aromatic carbocycles. The third-order valence-corrected chi connectivity index (χ3v) is 4.75. The number of ether oxygens (including phenoxy) is 2. The van der Waals surface area contributed by atoms with Crippen molar-refractivity contribution < 1.29 is 31.0 Å². The minimum absolute atomic E-state index is 0. The zero-order valence-electron chi connectivity index (χ0n) is 15.2. The average Bonchev–Trinajstić information content (AvgIpc) is 2.66. The smallest absolute Gasteiger partial charge is 0.173 e. The average molecular weight is 426 g/mol. The zero-order valence-corrected chi connectivity index (χ0v) is 16.8. The zero-order chi connectivity index (χ0) is 17.6. The molecule has 0 saturated heterocycles. The Morgan fingerprint density at radius 3 is 1.96 bits per heavy atom. The van der Waals surface area contributed by atoms with Gasteiger partial charge in [0.2, 0.25) is 0 Å². The van der Waals surface area contributed by atoms with Gasteiger partial charge in [0, 0.05) is 30.5 Å². The van der Waals surface area contributed by atoms with Gasteiger partial charge < -0.3 is 26.5 Å². The number of rotatable bonds is 7. The Morgan fingerprint density at radius 1 is 0.741 bits per heavy atom. The summed E-state index contributed by atoms with van der Waals surface area (Å²) in [4.78, 5) is 0. The van der Waals surface area contributed by atoms with Gasteiger partial charge in [-0.1, -0.05) is 60.7 Å². The number of benzene rings is 2. The molecule has 1 heterocycles. The summed E-state index contributed by atoms with van der Waals surface area (Å²) in [7, 11) is 0. The SMILES string of the molecule is [Br-].c1ccc(COC2CC(Oc3cc[n+](Cc4ccccc4)cc3)C2)cc1. The second kappa shape index (κ2) is 9.67. The van der Waals surface area contributed by atoms with Gasteiger partial charge in [0.25, 0.3) is 0 Å². The van der Waals surface area contributed by atoms with Crippen molar-refractivity contribution in [2.45, 2.75) is 38.2 Å². The highest BCUT2D eigenvalue weighted by atomic mass is 79.9. The molecule has 0 amide bonds. The second-order valence-electron chi connectivity index (χ2n) is 6.82. The van der Waals surface area contributed by atoms with Gasteiger partial charge in [-0.2, -0.15) is 0 Å². The predicted octanol–water partition coefficient (Wildman–Crippen LogP) is 1.15. The fraction of sp³-hybridized carbons (Fsp3) is 0.261. The summed E-state index contributed by atoms with van der Waals surface area (Å²) < 4.78 is 14.1. The fourth-order valence-electron chi connectivity index (χ4n) is 3.15. The van der Waals surface area contributed by atoms with E-state index in [9.17, 15) is 0 Å². The lowest BCUT2D eigenvalue weighted by Gasteiger charge is -2.35. The van der Waals surface area contributed by atoms with Crippen LogP contribution in [0.2, 0.25) is 0 Å². The number of hydrogen-bond donors (Lipinski definition) is 0. The summed E-state index contributed by atoms with van der Waals surface area (Å²) in [5.41, 5.74) is 2.52. The van der Waals surface area contributed by atoms with Gasteiger partial charge >= 0.3 is 0 Å². The van der Waals surface area contributed by atoms with Gasteiger partial charge in [-0.05, 0) is 5.56 Å². The van der Waals surface area contributed by atoms with Crippen molar-refractivity contribution >= 4 is 0 Å². The van der Waals surface area contributed by atoms with Crippen molar-refractivity contribution in [2.75, 3.05) is 0 Å². The number of nitrogens with zero attached hydrogens (tertiary/aromatic N) is 1. The molecule has 3 nitrogen and oxygen atoms in total. The molecule has 4 rings (SSSR count). The van der Waals surface area contributed by atoms with E-state index >= 15 is 0 Å². The van der Waals surface area contributed by atoms with Gasteiger partial charge in [-0.25, -0.2) is 4.57 Å². The number of pyridine rings is 1. The van der Waals surface area contributed by atoms with Crippen LogP contribution in [-0.2, 0) is 17.9 Å². The topological polar surface area (TPSA) is 22.3 Å². The van der Waals surface area contributed by atoms with Crippen molar-refractivity contribution in [2.24, 2.45) is 0 Å². The third-order valence-electron chi connectivity index (χ3n) is 4.75. The van der Waals surface area contributed by atoms with Gasteiger partial charge in [0.1, 0.15) is 11.9 Å². The summed E-state index contributed by atoms with van der Waals surface area (Å²) in [5, 5.41) is 0. The first kappa shape index (κ1) is 19.6. The van der Waals surface area contributed by atoms with Gasteiger partial charge in [0.05, 0.1) is 12.7 Å². The van der Waals surface area contributed by atoms with Crippen molar-refractivity contribution in [3.8, 4) is 5.75 Å². The Morgan fingerprint density at radius 2 is 1.33 bits per heavy atom. The maximum atomic E-state index is 6.04. The molecule has 27 heavy (non-hydrogen) atoms. The molecule has 0 atom stereocenters. The highest BCUT2D eigenvalue weighted by Crippen LogP contribution is 2.28. The maximum Gasteiger partial charge on any atom is 0.173 e. The summed E-state index contributed by atoms with van der Waals surface area (Å²) >= 11 is 0. The van der Waals surface area contributed by atoms with E-state index in [4.69, 9.17) is 9.47 Å².